The first-order valence-corrected chi connectivity index (χ1v) is 6.64. The Kier molecular flexibility index (Phi) is 3.74. The summed E-state index contributed by atoms with van der Waals surface area (Å²) >= 11 is 0. The van der Waals surface area contributed by atoms with E-state index in [1.54, 1.807) is 4.90 Å². The van der Waals surface area contributed by atoms with Gasteiger partial charge in [0.15, 0.2) is 9.84 Å². The van der Waals surface area contributed by atoms with E-state index in [4.69, 9.17) is 4.74 Å². The number of carbonyl (C=O) groups excluding carboxylic acids is 1. The molecule has 1 aliphatic heterocycles. The highest BCUT2D eigenvalue weighted by atomic mass is 32.2. The molecule has 82 valence electrons. The summed E-state index contributed by atoms with van der Waals surface area (Å²) in [6.07, 6.45) is 2.73. The molecule has 0 aromatic carbocycles. The highest BCUT2D eigenvalue weighted by molar-refractivity contribution is 7.90. The van der Waals surface area contributed by atoms with Gasteiger partial charge in [-0.15, -0.1) is 0 Å². The van der Waals surface area contributed by atoms with Gasteiger partial charge in [0.2, 0.25) is 0 Å². The molecule has 1 saturated heterocycles. The molecular weight excluding hydrogens is 206 g/mol. The molecule has 1 fully saturated rings. The van der Waals surface area contributed by atoms with Crippen molar-refractivity contribution in [2.24, 2.45) is 0 Å². The van der Waals surface area contributed by atoms with E-state index in [-0.39, 0.29) is 12.4 Å². The van der Waals surface area contributed by atoms with E-state index in [1.165, 1.54) is 0 Å². The zero-order valence-electron chi connectivity index (χ0n) is 8.23. The second-order valence-electron chi connectivity index (χ2n) is 3.44. The maximum absolute atomic E-state index is 11.2. The van der Waals surface area contributed by atoms with Crippen LogP contribution in [0.25, 0.3) is 0 Å². The van der Waals surface area contributed by atoms with Crippen molar-refractivity contribution in [3.63, 3.8) is 0 Å². The van der Waals surface area contributed by atoms with Gasteiger partial charge in [0.05, 0.1) is 5.75 Å². The molecule has 0 aromatic heterocycles. The number of carbonyl (C=O) groups is 1. The van der Waals surface area contributed by atoms with Crippen molar-refractivity contribution in [3.8, 4) is 0 Å². The number of ether oxygens (including phenoxy) is 1. The van der Waals surface area contributed by atoms with E-state index < -0.39 is 15.9 Å². The van der Waals surface area contributed by atoms with Gasteiger partial charge >= 0.3 is 6.09 Å². The smallest absolute Gasteiger partial charge is 0.409 e. The first-order chi connectivity index (χ1) is 6.49. The van der Waals surface area contributed by atoms with Gasteiger partial charge in [0.25, 0.3) is 0 Å². The predicted octanol–water partition coefficient (Wildman–Crippen LogP) is 0.263. The van der Waals surface area contributed by atoms with E-state index in [1.807, 2.05) is 0 Å². The Balaban J connectivity index is 2.21. The van der Waals surface area contributed by atoms with E-state index in [0.29, 0.717) is 0 Å². The summed E-state index contributed by atoms with van der Waals surface area (Å²) < 4.78 is 26.3. The van der Waals surface area contributed by atoms with Crippen LogP contribution >= 0.6 is 0 Å². The van der Waals surface area contributed by atoms with E-state index >= 15 is 0 Å². The molecule has 6 heteroatoms. The number of likely N-dealkylation sites (tertiary alicyclic amines) is 1. The Bertz CT molecular complexity index is 292. The van der Waals surface area contributed by atoms with Crippen molar-refractivity contribution in [1.29, 1.82) is 0 Å². The van der Waals surface area contributed by atoms with Crippen LogP contribution in [0.1, 0.15) is 12.8 Å². The molecule has 1 rings (SSSR count). The van der Waals surface area contributed by atoms with Crippen molar-refractivity contribution in [2.45, 2.75) is 12.8 Å². The van der Waals surface area contributed by atoms with Gasteiger partial charge in [-0.1, -0.05) is 0 Å². The molecule has 0 atom stereocenters. The van der Waals surface area contributed by atoms with Gasteiger partial charge < -0.3 is 9.64 Å². The number of hydrogen-bond donors (Lipinski definition) is 0. The minimum atomic E-state index is -3.04. The van der Waals surface area contributed by atoms with Crippen LogP contribution < -0.4 is 0 Å². The largest absolute Gasteiger partial charge is 0.448 e. The topological polar surface area (TPSA) is 63.7 Å². The average Bonchev–Trinajstić information content (AvgIpc) is 2.53. The van der Waals surface area contributed by atoms with Crippen LogP contribution in [0.2, 0.25) is 0 Å². The molecule has 0 N–H and O–H groups in total. The molecule has 1 aliphatic rings. The highest BCUT2D eigenvalue weighted by Crippen LogP contribution is 2.08. The Morgan fingerprint density at radius 3 is 2.43 bits per heavy atom. The van der Waals surface area contributed by atoms with Crippen LogP contribution in [0.5, 0.6) is 0 Å². The Hall–Kier alpha value is -0.780. The van der Waals surface area contributed by atoms with Crippen LogP contribution in [0.4, 0.5) is 4.79 Å². The quantitative estimate of drug-likeness (QED) is 0.686. The number of amides is 1. The maximum Gasteiger partial charge on any atom is 0.409 e. The van der Waals surface area contributed by atoms with Gasteiger partial charge in [-0.2, -0.15) is 0 Å². The summed E-state index contributed by atoms with van der Waals surface area (Å²) in [5, 5.41) is 0. The Labute approximate surface area is 83.9 Å². The van der Waals surface area contributed by atoms with E-state index in [9.17, 15) is 13.2 Å². The molecule has 0 aliphatic carbocycles. The van der Waals surface area contributed by atoms with Crippen molar-refractivity contribution < 1.29 is 17.9 Å². The fraction of sp³-hybridized carbons (Fsp3) is 0.875. The number of hydrogen-bond acceptors (Lipinski definition) is 4. The van der Waals surface area contributed by atoms with Crippen molar-refractivity contribution in [1.82, 2.24) is 4.90 Å². The molecule has 0 unspecified atom stereocenters. The minimum absolute atomic E-state index is 0.0475. The minimum Gasteiger partial charge on any atom is -0.448 e. The molecule has 0 radical (unpaired) electrons. The van der Waals surface area contributed by atoms with Crippen LogP contribution in [0.3, 0.4) is 0 Å². The summed E-state index contributed by atoms with van der Waals surface area (Å²) in [4.78, 5) is 12.8. The molecule has 1 heterocycles. The fourth-order valence-corrected chi connectivity index (χ4v) is 1.66. The van der Waals surface area contributed by atoms with Gasteiger partial charge in [-0.25, -0.2) is 13.2 Å². The third-order valence-electron chi connectivity index (χ3n) is 2.04. The number of nitrogens with zero attached hydrogens (tertiary/aromatic N) is 1. The lowest BCUT2D eigenvalue weighted by Gasteiger charge is -2.14. The lowest BCUT2D eigenvalue weighted by Crippen LogP contribution is -2.29. The zero-order valence-corrected chi connectivity index (χ0v) is 9.05. The summed E-state index contributed by atoms with van der Waals surface area (Å²) in [5.74, 6) is -0.105. The SMILES string of the molecule is CS(=O)(=O)CCOC(=O)N1CCCC1. The summed E-state index contributed by atoms with van der Waals surface area (Å²) in [7, 11) is -3.04. The average molecular weight is 221 g/mol. The van der Waals surface area contributed by atoms with Gasteiger partial charge in [0, 0.05) is 19.3 Å². The number of rotatable bonds is 3. The van der Waals surface area contributed by atoms with Crippen LogP contribution in [0.15, 0.2) is 0 Å². The normalized spacial score (nSPS) is 17.1. The molecule has 5 nitrogen and oxygen atoms in total. The zero-order chi connectivity index (χ0) is 10.6. The summed E-state index contributed by atoms with van der Waals surface area (Å²) in [6.45, 7) is 1.39. The predicted molar refractivity (Wildman–Crippen MR) is 51.9 cm³/mol. The molecule has 14 heavy (non-hydrogen) atoms. The fourth-order valence-electron chi connectivity index (χ4n) is 1.27. The standard InChI is InChI=1S/C8H15NO4S/c1-14(11,12)7-6-13-8(10)9-4-2-3-5-9/h2-7H2,1H3. The van der Waals surface area contributed by atoms with Gasteiger partial charge in [-0.05, 0) is 12.8 Å². The Morgan fingerprint density at radius 2 is 1.93 bits per heavy atom. The second-order valence-corrected chi connectivity index (χ2v) is 5.70. The third-order valence-corrected chi connectivity index (χ3v) is 2.95. The third kappa shape index (κ3) is 3.95. The van der Waals surface area contributed by atoms with Crippen molar-refractivity contribution in [3.05, 3.63) is 0 Å². The van der Waals surface area contributed by atoms with E-state index in [2.05, 4.69) is 0 Å². The van der Waals surface area contributed by atoms with Gasteiger partial charge in [-0.3, -0.25) is 0 Å². The Morgan fingerprint density at radius 1 is 1.36 bits per heavy atom. The van der Waals surface area contributed by atoms with Crippen LogP contribution in [-0.2, 0) is 14.6 Å². The molecule has 0 saturated carbocycles. The van der Waals surface area contributed by atoms with E-state index in [0.717, 1.165) is 32.2 Å². The maximum atomic E-state index is 11.2. The molecule has 0 bridgehead atoms. The molecular formula is C8H15NO4S. The lowest BCUT2D eigenvalue weighted by atomic mass is 10.4. The first kappa shape index (κ1) is 11.3. The summed E-state index contributed by atoms with van der Waals surface area (Å²) in [6, 6.07) is 0. The van der Waals surface area contributed by atoms with Crippen molar-refractivity contribution in [2.75, 3.05) is 31.7 Å². The molecule has 0 spiro atoms. The molecule has 0 aromatic rings. The monoisotopic (exact) mass is 221 g/mol. The first-order valence-electron chi connectivity index (χ1n) is 4.58. The number of sulfone groups is 1. The molecule has 1 amide bonds. The van der Waals surface area contributed by atoms with Crippen LogP contribution in [-0.4, -0.2) is 51.1 Å². The van der Waals surface area contributed by atoms with Gasteiger partial charge in [0.1, 0.15) is 6.61 Å². The lowest BCUT2D eigenvalue weighted by molar-refractivity contribution is 0.116. The van der Waals surface area contributed by atoms with Crippen molar-refractivity contribution >= 4 is 15.9 Å². The summed E-state index contributed by atoms with van der Waals surface area (Å²) in [5.41, 5.74) is 0. The highest BCUT2D eigenvalue weighted by Gasteiger charge is 2.19. The van der Waals surface area contributed by atoms with Crippen LogP contribution in [0, 0.1) is 0 Å². The second kappa shape index (κ2) is 4.63.